The van der Waals surface area contributed by atoms with Gasteiger partial charge in [0.1, 0.15) is 6.29 Å². The number of allylic oxidation sites excluding steroid dienone is 2. The van der Waals surface area contributed by atoms with E-state index in [1.807, 2.05) is 0 Å². The van der Waals surface area contributed by atoms with Crippen LogP contribution in [-0.2, 0) is 4.79 Å². The molecule has 0 fully saturated rings. The highest BCUT2D eigenvalue weighted by molar-refractivity contribution is 5.77. The second kappa shape index (κ2) is 2.77. The second-order valence-electron chi connectivity index (χ2n) is 2.08. The fourth-order valence-electron chi connectivity index (χ4n) is 0.906. The van der Waals surface area contributed by atoms with Gasteiger partial charge in [-0.15, -0.1) is 0 Å². The van der Waals surface area contributed by atoms with Gasteiger partial charge in [0.05, 0.1) is 0 Å². The summed E-state index contributed by atoms with van der Waals surface area (Å²) >= 11 is 0. The van der Waals surface area contributed by atoms with Crippen LogP contribution in [0.4, 0.5) is 0 Å². The van der Waals surface area contributed by atoms with Crippen LogP contribution in [0.2, 0.25) is 0 Å². The van der Waals surface area contributed by atoms with Crippen molar-refractivity contribution in [3.63, 3.8) is 0 Å². The summed E-state index contributed by atoms with van der Waals surface area (Å²) in [6.45, 7) is 0. The van der Waals surface area contributed by atoms with Gasteiger partial charge in [0, 0.05) is 11.1 Å². The van der Waals surface area contributed by atoms with Crippen LogP contribution in [-0.4, -0.2) is 22.8 Å². The van der Waals surface area contributed by atoms with E-state index in [-0.39, 0.29) is 0 Å². The molecule has 0 unspecified atom stereocenters. The summed E-state index contributed by atoms with van der Waals surface area (Å²) in [4.78, 5) is 10.2. The summed E-state index contributed by atoms with van der Waals surface area (Å²) in [5.74, 6) is 0. The molecule has 0 amide bonds. The van der Waals surface area contributed by atoms with Gasteiger partial charge in [0.2, 0.25) is 0 Å². The molecular weight excluding hydrogens is 132 g/mol. The van der Waals surface area contributed by atoms with Crippen LogP contribution in [0.15, 0.2) is 23.3 Å². The van der Waals surface area contributed by atoms with Crippen LogP contribution < -0.4 is 0 Å². The van der Waals surface area contributed by atoms with Gasteiger partial charge in [0.15, 0.2) is 6.29 Å². The van der Waals surface area contributed by atoms with E-state index in [1.54, 1.807) is 12.2 Å². The van der Waals surface area contributed by atoms with E-state index in [4.69, 9.17) is 10.2 Å². The number of aldehydes is 1. The molecule has 3 nitrogen and oxygen atoms in total. The van der Waals surface area contributed by atoms with Gasteiger partial charge in [-0.2, -0.15) is 0 Å². The van der Waals surface area contributed by atoms with Gasteiger partial charge in [-0.3, -0.25) is 4.79 Å². The van der Waals surface area contributed by atoms with Crippen molar-refractivity contribution < 1.29 is 15.0 Å². The van der Waals surface area contributed by atoms with Gasteiger partial charge < -0.3 is 10.2 Å². The van der Waals surface area contributed by atoms with E-state index in [2.05, 4.69) is 0 Å². The lowest BCUT2D eigenvalue weighted by Crippen LogP contribution is -2.07. The van der Waals surface area contributed by atoms with Crippen molar-refractivity contribution in [3.8, 4) is 0 Å². The average molecular weight is 140 g/mol. The Bertz CT molecular complexity index is 201. The van der Waals surface area contributed by atoms with Gasteiger partial charge in [-0.25, -0.2) is 0 Å². The minimum Gasteiger partial charge on any atom is -0.364 e. The molecule has 0 bridgehead atoms. The lowest BCUT2D eigenvalue weighted by atomic mass is 10.1. The topological polar surface area (TPSA) is 57.5 Å². The highest BCUT2D eigenvalue weighted by atomic mass is 16.5. The molecule has 0 aromatic heterocycles. The van der Waals surface area contributed by atoms with E-state index in [9.17, 15) is 4.79 Å². The highest BCUT2D eigenvalue weighted by Gasteiger charge is 2.13. The first-order valence-corrected chi connectivity index (χ1v) is 2.96. The van der Waals surface area contributed by atoms with Crippen LogP contribution in [0, 0.1) is 0 Å². The molecule has 0 aromatic carbocycles. The standard InChI is InChI=1S/C7H8O3/c8-4-5-2-1-3-6(5)7(9)10/h1,3-4,7,9-10H,2H2. The minimum absolute atomic E-state index is 0.315. The number of hydrogen-bond acceptors (Lipinski definition) is 3. The maximum Gasteiger partial charge on any atom is 0.178 e. The zero-order valence-electron chi connectivity index (χ0n) is 5.32. The molecule has 0 spiro atoms. The third kappa shape index (κ3) is 1.15. The summed E-state index contributed by atoms with van der Waals surface area (Å²) in [6, 6.07) is 0. The van der Waals surface area contributed by atoms with Crippen LogP contribution in [0.25, 0.3) is 0 Å². The first kappa shape index (κ1) is 7.18. The Labute approximate surface area is 58.3 Å². The zero-order chi connectivity index (χ0) is 7.56. The van der Waals surface area contributed by atoms with Crippen molar-refractivity contribution in [2.45, 2.75) is 12.7 Å². The Morgan fingerprint density at radius 3 is 2.70 bits per heavy atom. The summed E-state index contributed by atoms with van der Waals surface area (Å²) in [7, 11) is 0. The Hall–Kier alpha value is -0.930. The number of rotatable bonds is 2. The molecule has 0 saturated carbocycles. The van der Waals surface area contributed by atoms with Crippen molar-refractivity contribution in [1.29, 1.82) is 0 Å². The molecule has 0 saturated heterocycles. The zero-order valence-corrected chi connectivity index (χ0v) is 5.32. The summed E-state index contributed by atoms with van der Waals surface area (Å²) in [5, 5.41) is 17.3. The molecule has 54 valence electrons. The Balaban J connectivity index is 2.86. The summed E-state index contributed by atoms with van der Waals surface area (Å²) in [6.07, 6.45) is 2.91. The second-order valence-corrected chi connectivity index (χ2v) is 2.08. The van der Waals surface area contributed by atoms with Crippen LogP contribution in [0.1, 0.15) is 6.42 Å². The van der Waals surface area contributed by atoms with Gasteiger partial charge >= 0.3 is 0 Å². The van der Waals surface area contributed by atoms with Crippen LogP contribution in [0.5, 0.6) is 0 Å². The van der Waals surface area contributed by atoms with Crippen molar-refractivity contribution in [2.75, 3.05) is 0 Å². The molecule has 0 radical (unpaired) electrons. The molecule has 1 rings (SSSR count). The SMILES string of the molecule is O=CC1=C(C(O)O)C=CC1. The predicted molar refractivity (Wildman–Crippen MR) is 35.1 cm³/mol. The number of hydrogen-bond donors (Lipinski definition) is 2. The van der Waals surface area contributed by atoms with Crippen LogP contribution in [0.3, 0.4) is 0 Å². The Morgan fingerprint density at radius 2 is 2.30 bits per heavy atom. The smallest absolute Gasteiger partial charge is 0.178 e. The van der Waals surface area contributed by atoms with Crippen molar-refractivity contribution in [1.82, 2.24) is 0 Å². The third-order valence-corrected chi connectivity index (χ3v) is 1.43. The van der Waals surface area contributed by atoms with Crippen molar-refractivity contribution >= 4 is 6.29 Å². The number of carbonyl (C=O) groups excluding carboxylic acids is 1. The normalized spacial score (nSPS) is 17.1. The molecular formula is C7H8O3. The van der Waals surface area contributed by atoms with Gasteiger partial charge in [0.25, 0.3) is 0 Å². The molecule has 0 aromatic rings. The highest BCUT2D eigenvalue weighted by Crippen LogP contribution is 2.18. The minimum atomic E-state index is -1.51. The molecule has 10 heavy (non-hydrogen) atoms. The maximum absolute atomic E-state index is 10.2. The Morgan fingerprint density at radius 1 is 1.60 bits per heavy atom. The van der Waals surface area contributed by atoms with Crippen molar-refractivity contribution in [2.24, 2.45) is 0 Å². The lowest BCUT2D eigenvalue weighted by Gasteiger charge is -2.02. The molecule has 0 heterocycles. The largest absolute Gasteiger partial charge is 0.364 e. The predicted octanol–water partition coefficient (Wildman–Crippen LogP) is -0.248. The summed E-state index contributed by atoms with van der Waals surface area (Å²) in [5.41, 5.74) is 0.769. The lowest BCUT2D eigenvalue weighted by molar-refractivity contribution is -0.105. The molecule has 1 aliphatic rings. The molecule has 0 aliphatic heterocycles. The molecule has 2 N–H and O–H groups in total. The average Bonchev–Trinajstić information content (AvgIpc) is 2.33. The Kier molecular flexibility index (Phi) is 1.99. The van der Waals surface area contributed by atoms with Gasteiger partial charge in [-0.05, 0) is 6.42 Å². The quantitative estimate of drug-likeness (QED) is 0.411. The monoisotopic (exact) mass is 140 g/mol. The maximum atomic E-state index is 10.2. The fraction of sp³-hybridized carbons (Fsp3) is 0.286. The van der Waals surface area contributed by atoms with Crippen LogP contribution >= 0.6 is 0 Å². The van der Waals surface area contributed by atoms with E-state index in [1.165, 1.54) is 0 Å². The number of carbonyl (C=O) groups is 1. The molecule has 0 atom stereocenters. The van der Waals surface area contributed by atoms with E-state index in [0.29, 0.717) is 23.9 Å². The van der Waals surface area contributed by atoms with Crippen molar-refractivity contribution in [3.05, 3.63) is 23.3 Å². The first-order valence-electron chi connectivity index (χ1n) is 2.96. The van der Waals surface area contributed by atoms with E-state index >= 15 is 0 Å². The number of aliphatic hydroxyl groups is 2. The van der Waals surface area contributed by atoms with E-state index in [0.717, 1.165) is 0 Å². The van der Waals surface area contributed by atoms with Gasteiger partial charge in [-0.1, -0.05) is 12.2 Å². The molecule has 3 heteroatoms. The first-order chi connectivity index (χ1) is 4.75. The third-order valence-electron chi connectivity index (χ3n) is 1.43. The summed E-state index contributed by atoms with van der Waals surface area (Å²) < 4.78 is 0. The van der Waals surface area contributed by atoms with E-state index < -0.39 is 6.29 Å². The molecule has 1 aliphatic carbocycles. The fourth-order valence-corrected chi connectivity index (χ4v) is 0.906. The number of aliphatic hydroxyl groups excluding tert-OH is 1.